The number of carbonyl (C=O) groups is 1. The zero-order valence-electron chi connectivity index (χ0n) is 11.8. The molecule has 1 atom stereocenters. The number of ether oxygens (including phenoxy) is 1. The molecule has 1 aliphatic rings. The summed E-state index contributed by atoms with van der Waals surface area (Å²) in [6.07, 6.45) is 4.01. The number of rotatable bonds is 3. The summed E-state index contributed by atoms with van der Waals surface area (Å²) >= 11 is 0. The van der Waals surface area contributed by atoms with Gasteiger partial charge in [0.1, 0.15) is 6.10 Å². The standard InChI is InChI=1S/C15H16N4O2/c1-11-2-3-14(18-17-11)21-13-6-9-19(10-13)15(20)12-4-7-16-8-5-12/h2-5,7-8,13H,6,9-10H2,1H3/t13-/m0/s1. The molecule has 2 aromatic heterocycles. The molecule has 0 radical (unpaired) electrons. The van der Waals surface area contributed by atoms with Crippen molar-refractivity contribution in [3.05, 3.63) is 47.9 Å². The number of carbonyl (C=O) groups excluding carboxylic acids is 1. The molecule has 108 valence electrons. The molecule has 21 heavy (non-hydrogen) atoms. The smallest absolute Gasteiger partial charge is 0.254 e. The number of pyridine rings is 1. The summed E-state index contributed by atoms with van der Waals surface area (Å²) in [4.78, 5) is 18.0. The van der Waals surface area contributed by atoms with Crippen LogP contribution in [0.25, 0.3) is 0 Å². The van der Waals surface area contributed by atoms with Crippen LogP contribution in [0.15, 0.2) is 36.7 Å². The highest BCUT2D eigenvalue weighted by atomic mass is 16.5. The van der Waals surface area contributed by atoms with Crippen molar-refractivity contribution in [1.29, 1.82) is 0 Å². The highest BCUT2D eigenvalue weighted by Crippen LogP contribution is 2.18. The van der Waals surface area contributed by atoms with E-state index in [1.165, 1.54) is 0 Å². The van der Waals surface area contributed by atoms with E-state index >= 15 is 0 Å². The number of amides is 1. The van der Waals surface area contributed by atoms with Gasteiger partial charge in [-0.15, -0.1) is 5.10 Å². The molecule has 2 aromatic rings. The Hall–Kier alpha value is -2.50. The first-order valence-electron chi connectivity index (χ1n) is 6.88. The lowest BCUT2D eigenvalue weighted by molar-refractivity contribution is 0.0771. The van der Waals surface area contributed by atoms with Crippen LogP contribution >= 0.6 is 0 Å². The first-order valence-corrected chi connectivity index (χ1v) is 6.88. The number of hydrogen-bond acceptors (Lipinski definition) is 5. The van der Waals surface area contributed by atoms with E-state index in [9.17, 15) is 4.79 Å². The van der Waals surface area contributed by atoms with Gasteiger partial charge in [-0.2, -0.15) is 5.10 Å². The molecule has 1 aliphatic heterocycles. The van der Waals surface area contributed by atoms with Gasteiger partial charge in [-0.3, -0.25) is 9.78 Å². The van der Waals surface area contributed by atoms with Crippen LogP contribution in [0, 0.1) is 6.92 Å². The summed E-state index contributed by atoms with van der Waals surface area (Å²) in [5.74, 6) is 0.516. The van der Waals surface area contributed by atoms with Gasteiger partial charge in [0.25, 0.3) is 5.91 Å². The van der Waals surface area contributed by atoms with E-state index in [0.717, 1.165) is 12.1 Å². The molecule has 0 saturated carbocycles. The molecular formula is C15H16N4O2. The minimum atomic E-state index is -0.0345. The zero-order chi connectivity index (χ0) is 14.7. The van der Waals surface area contributed by atoms with Gasteiger partial charge in [0, 0.05) is 37.0 Å². The Balaban J connectivity index is 1.60. The third-order valence-corrected chi connectivity index (χ3v) is 3.42. The van der Waals surface area contributed by atoms with Crippen LogP contribution < -0.4 is 4.74 Å². The molecule has 6 heteroatoms. The zero-order valence-corrected chi connectivity index (χ0v) is 11.8. The Bertz CT molecular complexity index is 615. The van der Waals surface area contributed by atoms with Gasteiger partial charge in [-0.1, -0.05) is 0 Å². The summed E-state index contributed by atoms with van der Waals surface area (Å²) < 4.78 is 5.77. The summed E-state index contributed by atoms with van der Waals surface area (Å²) in [6, 6.07) is 7.11. The van der Waals surface area contributed by atoms with Crippen molar-refractivity contribution in [2.75, 3.05) is 13.1 Å². The van der Waals surface area contributed by atoms with E-state index in [-0.39, 0.29) is 12.0 Å². The summed E-state index contributed by atoms with van der Waals surface area (Å²) in [5.41, 5.74) is 1.50. The van der Waals surface area contributed by atoms with Crippen molar-refractivity contribution >= 4 is 5.91 Å². The number of aromatic nitrogens is 3. The van der Waals surface area contributed by atoms with Crippen molar-refractivity contribution in [2.45, 2.75) is 19.4 Å². The molecule has 0 spiro atoms. The summed E-state index contributed by atoms with van der Waals surface area (Å²) in [6.45, 7) is 3.13. The first-order chi connectivity index (χ1) is 10.2. The van der Waals surface area contributed by atoms with Crippen LogP contribution in [-0.2, 0) is 0 Å². The fourth-order valence-electron chi connectivity index (χ4n) is 2.31. The molecule has 0 aromatic carbocycles. The van der Waals surface area contributed by atoms with E-state index in [2.05, 4.69) is 15.2 Å². The molecule has 6 nitrogen and oxygen atoms in total. The molecular weight excluding hydrogens is 268 g/mol. The molecule has 1 saturated heterocycles. The molecule has 0 unspecified atom stereocenters. The molecule has 1 fully saturated rings. The minimum Gasteiger partial charge on any atom is -0.471 e. The van der Waals surface area contributed by atoms with Crippen LogP contribution in [0.2, 0.25) is 0 Å². The lowest BCUT2D eigenvalue weighted by atomic mass is 10.2. The van der Waals surface area contributed by atoms with Gasteiger partial charge in [-0.25, -0.2) is 0 Å². The predicted octanol–water partition coefficient (Wildman–Crippen LogP) is 1.47. The molecule has 0 aliphatic carbocycles. The van der Waals surface area contributed by atoms with Gasteiger partial charge >= 0.3 is 0 Å². The monoisotopic (exact) mass is 284 g/mol. The number of likely N-dealkylation sites (tertiary alicyclic amines) is 1. The SMILES string of the molecule is Cc1ccc(O[C@H]2CCN(C(=O)c3ccncc3)C2)nn1. The average Bonchev–Trinajstić information content (AvgIpc) is 2.98. The third-order valence-electron chi connectivity index (χ3n) is 3.42. The molecule has 3 heterocycles. The molecule has 0 N–H and O–H groups in total. The molecule has 0 bridgehead atoms. The maximum Gasteiger partial charge on any atom is 0.254 e. The molecule has 3 rings (SSSR count). The summed E-state index contributed by atoms with van der Waals surface area (Å²) in [5, 5.41) is 7.95. The van der Waals surface area contributed by atoms with Crippen LogP contribution in [0.1, 0.15) is 22.5 Å². The van der Waals surface area contributed by atoms with Crippen molar-refractivity contribution in [3.8, 4) is 5.88 Å². The predicted molar refractivity (Wildman–Crippen MR) is 75.9 cm³/mol. The number of aryl methyl sites for hydroxylation is 1. The van der Waals surface area contributed by atoms with Crippen LogP contribution in [-0.4, -0.2) is 45.2 Å². The minimum absolute atomic E-state index is 0.0125. The second kappa shape index (κ2) is 5.87. The van der Waals surface area contributed by atoms with Crippen LogP contribution in [0.3, 0.4) is 0 Å². The Labute approximate surface area is 122 Å². The van der Waals surface area contributed by atoms with Crippen molar-refractivity contribution < 1.29 is 9.53 Å². The largest absolute Gasteiger partial charge is 0.471 e. The first kappa shape index (κ1) is 13.5. The van der Waals surface area contributed by atoms with E-state index in [1.807, 2.05) is 13.0 Å². The lowest BCUT2D eigenvalue weighted by Crippen LogP contribution is -2.31. The third kappa shape index (κ3) is 3.16. The van der Waals surface area contributed by atoms with E-state index in [1.54, 1.807) is 35.5 Å². The van der Waals surface area contributed by atoms with Gasteiger partial charge in [0.2, 0.25) is 5.88 Å². The van der Waals surface area contributed by atoms with Gasteiger partial charge < -0.3 is 9.64 Å². The fourth-order valence-corrected chi connectivity index (χ4v) is 2.31. The van der Waals surface area contributed by atoms with Gasteiger partial charge in [0.05, 0.1) is 12.2 Å². The highest BCUT2D eigenvalue weighted by Gasteiger charge is 2.28. The normalized spacial score (nSPS) is 17.8. The average molecular weight is 284 g/mol. The lowest BCUT2D eigenvalue weighted by Gasteiger charge is -2.16. The topological polar surface area (TPSA) is 68.2 Å². The van der Waals surface area contributed by atoms with E-state index < -0.39 is 0 Å². The van der Waals surface area contributed by atoms with Crippen molar-refractivity contribution in [2.24, 2.45) is 0 Å². The Morgan fingerprint density at radius 1 is 1.24 bits per heavy atom. The van der Waals surface area contributed by atoms with Crippen molar-refractivity contribution in [3.63, 3.8) is 0 Å². The highest BCUT2D eigenvalue weighted by molar-refractivity contribution is 5.94. The second-order valence-corrected chi connectivity index (χ2v) is 5.03. The summed E-state index contributed by atoms with van der Waals surface area (Å²) in [7, 11) is 0. The maximum atomic E-state index is 12.3. The Morgan fingerprint density at radius 3 is 2.76 bits per heavy atom. The van der Waals surface area contributed by atoms with E-state index in [4.69, 9.17) is 4.74 Å². The van der Waals surface area contributed by atoms with E-state index in [0.29, 0.717) is 24.5 Å². The Morgan fingerprint density at radius 2 is 2.05 bits per heavy atom. The Kier molecular flexibility index (Phi) is 3.77. The molecule has 1 amide bonds. The second-order valence-electron chi connectivity index (χ2n) is 5.03. The fraction of sp³-hybridized carbons (Fsp3) is 0.333. The van der Waals surface area contributed by atoms with Crippen LogP contribution in [0.5, 0.6) is 5.88 Å². The quantitative estimate of drug-likeness (QED) is 0.854. The number of nitrogens with zero attached hydrogens (tertiary/aromatic N) is 4. The van der Waals surface area contributed by atoms with Gasteiger partial charge in [0.15, 0.2) is 0 Å². The van der Waals surface area contributed by atoms with Crippen LogP contribution in [0.4, 0.5) is 0 Å². The van der Waals surface area contributed by atoms with Gasteiger partial charge in [-0.05, 0) is 25.1 Å². The maximum absolute atomic E-state index is 12.3. The number of hydrogen-bond donors (Lipinski definition) is 0. The van der Waals surface area contributed by atoms with Crippen molar-refractivity contribution in [1.82, 2.24) is 20.1 Å².